The number of allylic oxidation sites excluding steroid dienone is 3. The van der Waals surface area contributed by atoms with Gasteiger partial charge in [-0.25, -0.2) is 9.59 Å². The lowest BCUT2D eigenvalue weighted by Gasteiger charge is -2.47. The van der Waals surface area contributed by atoms with Crippen LogP contribution in [0.2, 0.25) is 0 Å². The quantitative estimate of drug-likeness (QED) is 0.0106. The average Bonchev–Trinajstić information content (AvgIpc) is 0.750. The topological polar surface area (TPSA) is 526 Å². The van der Waals surface area contributed by atoms with Gasteiger partial charge in [0.25, 0.3) is 0 Å². The van der Waals surface area contributed by atoms with Crippen molar-refractivity contribution in [3.8, 4) is 40.9 Å². The number of Topliss-reactive ketones (excluding diaryl/α,β-unsaturated/α-hetero) is 5. The monoisotopic (exact) mass is 2110 g/mol. The van der Waals surface area contributed by atoms with Crippen molar-refractivity contribution in [2.24, 2.45) is 29.2 Å². The van der Waals surface area contributed by atoms with Crippen LogP contribution in [0.4, 0.5) is 15.3 Å². The highest BCUT2D eigenvalue weighted by Crippen LogP contribution is 2.50. The Bertz CT molecular complexity index is 4630. The molecule has 2 aromatic rings. The molecule has 2 aromatic carbocycles. The van der Waals surface area contributed by atoms with Gasteiger partial charge >= 0.3 is 12.1 Å². The summed E-state index contributed by atoms with van der Waals surface area (Å²) in [5.74, 6) is 7.94. The van der Waals surface area contributed by atoms with Gasteiger partial charge in [0, 0.05) is 118 Å². The first-order valence-corrected chi connectivity index (χ1v) is 51.0. The number of likely N-dealkylation sites (N-methyl/N-ethyl adjacent to an activating group) is 1. The molecule has 0 unspecified atom stereocenters. The number of rotatable bonds is 55. The third-order valence-electron chi connectivity index (χ3n) is 24.1. The van der Waals surface area contributed by atoms with Crippen molar-refractivity contribution in [2.45, 2.75) is 293 Å². The van der Waals surface area contributed by atoms with E-state index in [1.807, 2.05) is 48.3 Å². The molecular weight excluding hydrogens is 1970 g/mol. The van der Waals surface area contributed by atoms with Crippen molar-refractivity contribution in [3.63, 3.8) is 0 Å². The second-order valence-electron chi connectivity index (χ2n) is 35.3. The number of hydrogen-bond acceptors (Lipinski definition) is 36. The number of fused-ring (bicyclic) bond motifs is 2. The summed E-state index contributed by atoms with van der Waals surface area (Å²) in [5, 5.41) is 68.9. The predicted octanol–water partition coefficient (Wildman–Crippen LogP) is 6.84. The lowest BCUT2D eigenvalue weighted by Crippen LogP contribution is -2.65. The number of thioether (sulfide) groups is 1. The summed E-state index contributed by atoms with van der Waals surface area (Å²) < 4.78 is 85.9. The van der Waals surface area contributed by atoms with Crippen molar-refractivity contribution >= 4 is 120 Å². The van der Waals surface area contributed by atoms with Crippen LogP contribution in [0.15, 0.2) is 59.2 Å². The van der Waals surface area contributed by atoms with Gasteiger partial charge in [0.1, 0.15) is 60.6 Å². The number of aliphatic hydroxyl groups is 5. The Kier molecular flexibility index (Phi) is 48.6. The van der Waals surface area contributed by atoms with Crippen LogP contribution < -0.4 is 52.4 Å². The van der Waals surface area contributed by atoms with Crippen molar-refractivity contribution in [2.75, 3.05) is 105 Å². The number of unbranched alkanes of at least 4 members (excludes halogenated alkanes) is 1. The Morgan fingerprint density at radius 3 is 2.10 bits per heavy atom. The maximum atomic E-state index is 14.7. The summed E-state index contributed by atoms with van der Waals surface area (Å²) in [6.07, 6.45) is -12.4. The van der Waals surface area contributed by atoms with E-state index in [-0.39, 0.29) is 178 Å². The molecule has 14 N–H and O–H groups in total. The molecule has 4 fully saturated rings. The molecule has 22 atom stereocenters. The molecule has 138 heavy (non-hydrogen) atoms. The van der Waals surface area contributed by atoms with Gasteiger partial charge in [-0.15, -0.1) is 0 Å². The van der Waals surface area contributed by atoms with Gasteiger partial charge in [-0.05, 0) is 151 Å². The number of aliphatic hydroxyl groups excluding tert-OH is 4. The zero-order chi connectivity index (χ0) is 101. The van der Waals surface area contributed by atoms with Gasteiger partial charge in [-0.1, -0.05) is 116 Å². The minimum Gasteiger partial charge on any atom is -0.492 e. The van der Waals surface area contributed by atoms with E-state index in [1.165, 1.54) is 65.2 Å². The molecule has 38 nitrogen and oxygen atoms in total. The van der Waals surface area contributed by atoms with Gasteiger partial charge < -0.3 is 129 Å². The number of carbonyl (C=O) groups is 10. The Labute approximate surface area is 833 Å². The molecule has 8 rings (SSSR count). The first-order chi connectivity index (χ1) is 65.8. The molecule has 768 valence electrons. The van der Waals surface area contributed by atoms with E-state index in [2.05, 4.69) is 50.4 Å². The number of ether oxygens (including phenoxy) is 14. The first kappa shape index (κ1) is 116. The molecule has 0 saturated carbocycles. The van der Waals surface area contributed by atoms with Gasteiger partial charge in [0.15, 0.2) is 47.5 Å². The largest absolute Gasteiger partial charge is 0.492 e. The number of hydroxylamine groups is 1. The van der Waals surface area contributed by atoms with Crippen LogP contribution in [0.5, 0.6) is 17.2 Å². The first-order valence-electron chi connectivity index (χ1n) is 46.6. The Morgan fingerprint density at radius 1 is 0.754 bits per heavy atom. The molecule has 0 radical (unpaired) electrons. The third-order valence-corrected chi connectivity index (χ3v) is 29.6. The van der Waals surface area contributed by atoms with E-state index in [1.54, 1.807) is 82.7 Å². The standard InChI is InChI=1S/C96H139IN8O30S3/c1-16-105(49-64(108)27-24-38-125-40-41-126-39-37-101-95(119)128-50-60-29-31-63(32-30-60)102-89(115)62(26-23-36-100-94(99)118)45-68(109)78(52(2)3)103-90(116)61(43-54(6)106)25-20-22-35-98)67-51-127-73(47-72(67)121-12)133-86-81(113)79(57(9)130-93(86)132-71-28-19-17-18-21-34-96(120)48-70(111)65(44-55(7)107)76(71)66(96)33-42-136-138-53(4)5)104-135-74-46-69(110)88(59(11)129-74)137-91(117)75-56(8)77(97)84(87(124-15)83(75)122-13)134-92-82(114)85(123-14)80(112)58(10)131-92/h17-18,29-33,52-53,57-59,61-62,67,69,71-74,78-82,85-86,88,92-93,104,110,112-114,120H,16,20,22-27,35-51,98H2,1-15H3,(H,101,119)(H,102,115)(H,103,116)(H3,99,100,118)/b18-17-,66-33+/t57-,58+,59-,61-,62-,67+,69+,71+,72+,73+,74+,78+,79-,80+,81+,82-,85-,86-,88-,92+,93+,96+/m1/s1. The fourth-order valence-electron chi connectivity index (χ4n) is 16.9. The van der Waals surface area contributed by atoms with E-state index < -0.39 is 174 Å². The molecule has 6 aliphatic rings. The van der Waals surface area contributed by atoms with Gasteiger partial charge in [0.05, 0.1) is 117 Å². The number of nitrogens with two attached hydrogens (primary N) is 2. The number of benzene rings is 2. The predicted molar refractivity (Wildman–Crippen MR) is 522 cm³/mol. The Hall–Kier alpha value is -7.30. The molecular formula is C96H139IN8O30S3. The SMILES string of the molecule is CCN(CC(=O)CCCOCCOCCNC(=O)OCc1ccc(NC(=O)[C@H](CCCNC(N)=O)CC(=O)[C@@H](NC(=O)[C@H](CCCCN)CC(C)=O)C(C)C)cc1)[C@H]1CO[C@@H](O[C@H]2[C@H](O[C@H]3C#C/C=C\C#C[C@]4(O)CC(=O)C(CC(C)=O)=C3/C4=C\CSSC(C)C)O[C@H](C)[C@@H](NO[C@H]3C[C@H](O)[C@H](SC(=O)c4c(C)c(I)c(O[C@@H]5O[C@@H](C)[C@H](O)[C@@H](OC)[C@H]5O)c(OC)c4OC)[C@@H](C)O3)[C@@H]2O)C[C@@H]1OC. The highest BCUT2D eigenvalue weighted by Gasteiger charge is 2.53. The lowest BCUT2D eigenvalue weighted by molar-refractivity contribution is -0.337. The summed E-state index contributed by atoms with van der Waals surface area (Å²) >= 11 is 2.79. The number of ketones is 5. The number of carbonyl (C=O) groups excluding carboxylic acids is 10. The normalized spacial score (nSPS) is 27.1. The summed E-state index contributed by atoms with van der Waals surface area (Å²) in [7, 11) is 8.67. The Morgan fingerprint density at radius 2 is 1.45 bits per heavy atom. The lowest BCUT2D eigenvalue weighted by atomic mass is 9.72. The van der Waals surface area contributed by atoms with E-state index >= 15 is 0 Å². The summed E-state index contributed by atoms with van der Waals surface area (Å²) in [5.41, 5.74) is 13.7. The van der Waals surface area contributed by atoms with E-state index in [4.69, 9.17) is 82.6 Å². The van der Waals surface area contributed by atoms with Crippen LogP contribution >= 0.6 is 55.9 Å². The zero-order valence-corrected chi connectivity index (χ0v) is 85.8. The van der Waals surface area contributed by atoms with Crippen LogP contribution in [-0.2, 0) is 97.1 Å². The summed E-state index contributed by atoms with van der Waals surface area (Å²) in [4.78, 5) is 142. The number of anilines is 1. The van der Waals surface area contributed by atoms with E-state index in [0.29, 0.717) is 71.3 Å². The highest BCUT2D eigenvalue weighted by molar-refractivity contribution is 14.1. The molecule has 42 heteroatoms. The smallest absolute Gasteiger partial charge is 0.407 e. The van der Waals surface area contributed by atoms with Gasteiger partial charge in [0.2, 0.25) is 29.0 Å². The number of halogens is 1. The number of methoxy groups -OCH3 is 4. The molecule has 4 aliphatic heterocycles. The maximum Gasteiger partial charge on any atom is 0.407 e. The number of hydrogen-bond donors (Lipinski definition) is 12. The van der Waals surface area contributed by atoms with Crippen LogP contribution in [-0.4, -0.2) is 315 Å². The van der Waals surface area contributed by atoms with Crippen molar-refractivity contribution in [1.29, 1.82) is 0 Å². The number of nitrogens with one attached hydrogen (secondary N) is 5. The Balaban J connectivity index is 0.847. The van der Waals surface area contributed by atoms with Crippen LogP contribution in [0.25, 0.3) is 0 Å². The van der Waals surface area contributed by atoms with E-state index in [9.17, 15) is 73.5 Å². The molecule has 4 heterocycles. The van der Waals surface area contributed by atoms with Crippen molar-refractivity contribution in [1.82, 2.24) is 26.3 Å². The molecule has 2 aliphatic carbocycles. The number of amides is 5. The van der Waals surface area contributed by atoms with Crippen LogP contribution in [0, 0.1) is 51.9 Å². The fraction of sp³-hybridized carbons (Fsp3) is 0.667. The van der Waals surface area contributed by atoms with Crippen LogP contribution in [0.3, 0.4) is 0 Å². The van der Waals surface area contributed by atoms with Gasteiger partial charge in [-0.3, -0.25) is 43.3 Å². The minimum absolute atomic E-state index is 0.00237. The zero-order valence-electron chi connectivity index (χ0n) is 81.1. The fourth-order valence-corrected chi connectivity index (χ4v) is 20.5. The van der Waals surface area contributed by atoms with Gasteiger partial charge in [-0.2, -0.15) is 5.48 Å². The molecule has 4 saturated heterocycles. The number of primary amides is 1. The minimum atomic E-state index is -2.06. The number of urea groups is 1. The second kappa shape index (κ2) is 57.9. The number of nitrogens with zero attached hydrogens (tertiary/aromatic N) is 1. The molecule has 2 bridgehead atoms. The summed E-state index contributed by atoms with van der Waals surface area (Å²) in [6, 6.07) is 3.24. The molecule has 5 amide bonds. The average molecular weight is 2110 g/mol. The van der Waals surface area contributed by atoms with Crippen molar-refractivity contribution < 1.29 is 145 Å². The maximum absolute atomic E-state index is 14.7. The summed E-state index contributed by atoms with van der Waals surface area (Å²) in [6.45, 7) is 20.7. The third kappa shape index (κ3) is 33.9. The second-order valence-corrected chi connectivity index (χ2v) is 40.5. The molecule has 0 aromatic heterocycles. The number of alkyl carbamates (subject to hydrolysis) is 1. The van der Waals surface area contributed by atoms with Crippen molar-refractivity contribution in [3.05, 3.63) is 79.5 Å². The molecule has 0 spiro atoms. The van der Waals surface area contributed by atoms with E-state index in [0.717, 1.165) is 11.8 Å². The van der Waals surface area contributed by atoms with Crippen LogP contribution in [0.1, 0.15) is 174 Å². The highest BCUT2D eigenvalue weighted by atomic mass is 127.